The molecule has 266 valence electrons. The number of aliphatic carboxylic acids is 1. The average molecular weight is 671 g/mol. The lowest BCUT2D eigenvalue weighted by Gasteiger charge is -2.21. The Hall–Kier alpha value is -0.490. The zero-order valence-corrected chi connectivity index (χ0v) is 31.7. The second kappa shape index (κ2) is 33.4. The predicted octanol–water partition coefficient (Wildman–Crippen LogP) is 13.8. The number of rotatable bonds is 35. The molecule has 0 aliphatic heterocycles. The molecule has 0 saturated carbocycles. The maximum Gasteiger partial charge on any atom is 0.330 e. The van der Waals surface area contributed by atoms with E-state index in [1.165, 1.54) is 161 Å². The second-order valence-electron chi connectivity index (χ2n) is 13.6. The average Bonchev–Trinajstić information content (AvgIpc) is 3.00. The lowest BCUT2D eigenvalue weighted by molar-refractivity contribution is -0.137. The summed E-state index contributed by atoms with van der Waals surface area (Å²) in [5.74, 6) is -1.09. The van der Waals surface area contributed by atoms with Gasteiger partial charge in [-0.05, 0) is 19.8 Å². The number of thioether (sulfide) groups is 2. The number of unbranched alkanes of at least 4 members (excludes halogenated alkanes) is 28. The van der Waals surface area contributed by atoms with Crippen molar-refractivity contribution in [3.8, 4) is 0 Å². The van der Waals surface area contributed by atoms with E-state index < -0.39 is 10.0 Å². The van der Waals surface area contributed by atoms with Crippen LogP contribution in [0, 0.1) is 0 Å². The van der Waals surface area contributed by atoms with Gasteiger partial charge in [0, 0.05) is 12.8 Å². The van der Waals surface area contributed by atoms with Crippen molar-refractivity contribution >= 4 is 39.7 Å². The summed E-state index contributed by atoms with van der Waals surface area (Å²) in [6.07, 6.45) is 39.1. The highest BCUT2D eigenvalue weighted by Crippen LogP contribution is 2.40. The van der Waals surface area contributed by atoms with Gasteiger partial charge in [0.2, 0.25) is 0 Å². The van der Waals surface area contributed by atoms with Crippen molar-refractivity contribution in [2.45, 2.75) is 230 Å². The summed E-state index contributed by atoms with van der Waals surface area (Å²) in [6.45, 7) is 6.05. The van der Waals surface area contributed by atoms with Crippen LogP contribution < -0.4 is 0 Å². The maximum atomic E-state index is 12.6. The minimum absolute atomic E-state index is 0.109. The van der Waals surface area contributed by atoms with Gasteiger partial charge in [0.15, 0.2) is 14.3 Å². The molecule has 6 heteroatoms. The van der Waals surface area contributed by atoms with Gasteiger partial charge in [-0.2, -0.15) is 0 Å². The second-order valence-corrected chi connectivity index (χ2v) is 16.8. The van der Waals surface area contributed by atoms with Crippen molar-refractivity contribution in [3.63, 3.8) is 0 Å². The lowest BCUT2D eigenvalue weighted by Crippen LogP contribution is -2.30. The summed E-state index contributed by atoms with van der Waals surface area (Å²) >= 11 is 1.67. The molecule has 0 bridgehead atoms. The van der Waals surface area contributed by atoms with Gasteiger partial charge in [-0.25, -0.2) is 4.79 Å². The normalized spacial score (nSPS) is 11.7. The summed E-state index contributed by atoms with van der Waals surface area (Å²) in [7, 11) is 0. The zero-order valence-electron chi connectivity index (χ0n) is 30.1. The van der Waals surface area contributed by atoms with Gasteiger partial charge < -0.3 is 5.11 Å². The molecular weight excluding hydrogens is 597 g/mol. The molecule has 1 N–H and O–H groups in total. The number of carboxylic acids is 1. The molecule has 45 heavy (non-hydrogen) atoms. The van der Waals surface area contributed by atoms with Gasteiger partial charge in [-0.1, -0.05) is 217 Å². The monoisotopic (exact) mass is 671 g/mol. The third-order valence-corrected chi connectivity index (χ3v) is 11.5. The molecule has 0 aromatic rings. The SMILES string of the molecule is CCCCCCCCCCCCCCCCCC(=O)SC(C)(SC(=O)CCCCCCCCCCCCCCCCC)C(=O)O. The Labute approximate surface area is 288 Å². The summed E-state index contributed by atoms with van der Waals surface area (Å²) in [5, 5.41) is 9.57. The van der Waals surface area contributed by atoms with E-state index in [1.54, 1.807) is 0 Å². The van der Waals surface area contributed by atoms with E-state index in [4.69, 9.17) is 0 Å². The summed E-state index contributed by atoms with van der Waals surface area (Å²) in [5.41, 5.74) is 0. The molecule has 0 atom stereocenters. The Kier molecular flexibility index (Phi) is 33.0. The smallest absolute Gasteiger partial charge is 0.330 e. The zero-order chi connectivity index (χ0) is 33.3. The summed E-state index contributed by atoms with van der Waals surface area (Å²) < 4.78 is -1.43. The van der Waals surface area contributed by atoms with E-state index in [9.17, 15) is 19.5 Å². The molecule has 0 spiro atoms. The minimum Gasteiger partial charge on any atom is -0.480 e. The molecule has 4 nitrogen and oxygen atoms in total. The van der Waals surface area contributed by atoms with Gasteiger partial charge in [0.1, 0.15) is 0 Å². The fourth-order valence-electron chi connectivity index (χ4n) is 5.93. The largest absolute Gasteiger partial charge is 0.480 e. The van der Waals surface area contributed by atoms with Gasteiger partial charge in [0.05, 0.1) is 0 Å². The predicted molar refractivity (Wildman–Crippen MR) is 200 cm³/mol. The molecule has 0 aliphatic carbocycles. The van der Waals surface area contributed by atoms with Gasteiger partial charge in [-0.15, -0.1) is 0 Å². The highest BCUT2D eigenvalue weighted by atomic mass is 32.2. The van der Waals surface area contributed by atoms with Crippen molar-refractivity contribution in [3.05, 3.63) is 0 Å². The van der Waals surface area contributed by atoms with Crippen molar-refractivity contribution in [1.29, 1.82) is 0 Å². The van der Waals surface area contributed by atoms with Crippen LogP contribution in [0.2, 0.25) is 0 Å². The van der Waals surface area contributed by atoms with Crippen LogP contribution in [0.1, 0.15) is 226 Å². The molecule has 0 radical (unpaired) electrons. The van der Waals surface area contributed by atoms with E-state index in [-0.39, 0.29) is 10.2 Å². The number of carbonyl (C=O) groups excluding carboxylic acids is 2. The molecule has 0 heterocycles. The first-order valence-corrected chi connectivity index (χ1v) is 21.2. The highest BCUT2D eigenvalue weighted by Gasteiger charge is 2.39. The van der Waals surface area contributed by atoms with E-state index in [0.29, 0.717) is 12.8 Å². The first kappa shape index (κ1) is 44.5. The summed E-state index contributed by atoms with van der Waals surface area (Å²) in [6, 6.07) is 0. The molecule has 0 saturated heterocycles. The molecule has 0 amide bonds. The van der Waals surface area contributed by atoms with E-state index in [2.05, 4.69) is 13.8 Å². The minimum atomic E-state index is -1.43. The Bertz CT molecular complexity index is 649. The van der Waals surface area contributed by atoms with E-state index >= 15 is 0 Å². The third kappa shape index (κ3) is 30.6. The van der Waals surface area contributed by atoms with Crippen LogP contribution in [0.15, 0.2) is 0 Å². The Balaban J connectivity index is 3.77. The quantitative estimate of drug-likeness (QED) is 0.0534. The van der Waals surface area contributed by atoms with Crippen LogP contribution in [0.3, 0.4) is 0 Å². The first-order chi connectivity index (χ1) is 21.9. The third-order valence-electron chi connectivity index (χ3n) is 8.97. The van der Waals surface area contributed by atoms with Crippen LogP contribution in [-0.2, 0) is 14.4 Å². The van der Waals surface area contributed by atoms with Crippen LogP contribution in [0.4, 0.5) is 0 Å². The van der Waals surface area contributed by atoms with Crippen LogP contribution >= 0.6 is 23.5 Å². The van der Waals surface area contributed by atoms with Crippen molar-refractivity contribution in [2.24, 2.45) is 0 Å². The number of carbonyl (C=O) groups is 3. The van der Waals surface area contributed by atoms with Crippen LogP contribution in [-0.4, -0.2) is 25.4 Å². The number of hydrogen-bond donors (Lipinski definition) is 1. The number of carboxylic acid groups (broad SMARTS) is 1. The van der Waals surface area contributed by atoms with Crippen molar-refractivity contribution < 1.29 is 19.5 Å². The Morgan fingerprint density at radius 3 is 0.800 bits per heavy atom. The molecule has 0 rings (SSSR count). The molecular formula is C39H74O4S2. The number of hydrogen-bond acceptors (Lipinski definition) is 5. The molecule has 0 aromatic heterocycles. The molecule has 0 unspecified atom stereocenters. The highest BCUT2D eigenvalue weighted by molar-refractivity contribution is 8.31. The van der Waals surface area contributed by atoms with Crippen LogP contribution in [0.25, 0.3) is 0 Å². The molecule has 0 aromatic carbocycles. The lowest BCUT2D eigenvalue weighted by atomic mass is 10.0. The standard InChI is InChI=1S/C39H74O4S2/c1-4-6-8-10-12-14-16-18-20-22-24-26-28-30-32-34-36(40)44-39(3,38(42)43)45-37(41)35-33-31-29-27-25-23-21-19-17-15-13-11-9-7-5-2/h4-35H2,1-3H3,(H,42,43). The van der Waals surface area contributed by atoms with Crippen LogP contribution in [0.5, 0.6) is 0 Å². The fraction of sp³-hybridized carbons (Fsp3) is 0.923. The Morgan fingerprint density at radius 1 is 0.400 bits per heavy atom. The van der Waals surface area contributed by atoms with Gasteiger partial charge in [0.25, 0.3) is 0 Å². The maximum absolute atomic E-state index is 12.6. The van der Waals surface area contributed by atoms with Crippen molar-refractivity contribution in [2.75, 3.05) is 0 Å². The van der Waals surface area contributed by atoms with Gasteiger partial charge >= 0.3 is 5.97 Å². The fourth-order valence-corrected chi connectivity index (χ4v) is 8.19. The summed E-state index contributed by atoms with van der Waals surface area (Å²) in [4.78, 5) is 37.1. The molecule has 0 fully saturated rings. The Morgan fingerprint density at radius 2 is 0.600 bits per heavy atom. The van der Waals surface area contributed by atoms with E-state index in [1.807, 2.05) is 0 Å². The van der Waals surface area contributed by atoms with Gasteiger partial charge in [-0.3, -0.25) is 9.59 Å². The molecule has 0 aliphatic rings. The van der Waals surface area contributed by atoms with Crippen molar-refractivity contribution in [1.82, 2.24) is 0 Å². The van der Waals surface area contributed by atoms with E-state index in [0.717, 1.165) is 62.0 Å². The topological polar surface area (TPSA) is 71.4 Å². The first-order valence-electron chi connectivity index (χ1n) is 19.5.